The smallest absolute Gasteiger partial charge is 0.263 e. The Balaban J connectivity index is 1.83. The number of amidine groups is 1. The van der Waals surface area contributed by atoms with Crippen LogP contribution in [0.3, 0.4) is 0 Å². The Labute approximate surface area is 137 Å². The molecule has 0 saturated carbocycles. The summed E-state index contributed by atoms with van der Waals surface area (Å²) in [5.41, 5.74) is 1.29. The van der Waals surface area contributed by atoms with Gasteiger partial charge < -0.3 is 5.32 Å². The van der Waals surface area contributed by atoms with E-state index in [-0.39, 0.29) is 16.6 Å². The number of carbonyl (C=O) groups is 1. The second kappa shape index (κ2) is 5.74. The maximum Gasteiger partial charge on any atom is 0.263 e. The quantitative estimate of drug-likeness (QED) is 0.876. The second-order valence-electron chi connectivity index (χ2n) is 5.04. The Bertz CT molecular complexity index is 902. The SMILES string of the molecule is Cc1csc(NC(=O)[C@H](C)N=C2NS(=O)(=O)c3ccccc32)n1. The first-order valence-electron chi connectivity index (χ1n) is 6.80. The number of aromatic nitrogens is 1. The molecule has 120 valence electrons. The van der Waals surface area contributed by atoms with Crippen molar-refractivity contribution in [1.82, 2.24) is 9.71 Å². The van der Waals surface area contributed by atoms with Gasteiger partial charge in [-0.05, 0) is 26.0 Å². The van der Waals surface area contributed by atoms with Crippen molar-refractivity contribution in [2.24, 2.45) is 4.99 Å². The first kappa shape index (κ1) is 15.6. The third-order valence-corrected chi connectivity index (χ3v) is 5.49. The van der Waals surface area contributed by atoms with E-state index in [1.165, 1.54) is 17.4 Å². The molecule has 0 spiro atoms. The Morgan fingerprint density at radius 1 is 1.39 bits per heavy atom. The fourth-order valence-electron chi connectivity index (χ4n) is 2.10. The van der Waals surface area contributed by atoms with Crippen LogP contribution < -0.4 is 10.0 Å². The topological polar surface area (TPSA) is 101 Å². The predicted molar refractivity (Wildman–Crippen MR) is 88.2 cm³/mol. The van der Waals surface area contributed by atoms with Crippen LogP contribution in [0.25, 0.3) is 0 Å². The van der Waals surface area contributed by atoms with Crippen LogP contribution in [-0.4, -0.2) is 31.2 Å². The van der Waals surface area contributed by atoms with E-state index in [1.807, 2.05) is 12.3 Å². The third kappa shape index (κ3) is 3.10. The van der Waals surface area contributed by atoms with Gasteiger partial charge in [0.15, 0.2) is 5.13 Å². The molecule has 1 aromatic carbocycles. The lowest BCUT2D eigenvalue weighted by Crippen LogP contribution is -2.28. The fourth-order valence-corrected chi connectivity index (χ4v) is 4.03. The second-order valence-corrected chi connectivity index (χ2v) is 7.55. The molecule has 9 heteroatoms. The van der Waals surface area contributed by atoms with Crippen molar-refractivity contribution in [2.45, 2.75) is 24.8 Å². The molecule has 1 aliphatic heterocycles. The zero-order valence-electron chi connectivity index (χ0n) is 12.4. The first-order chi connectivity index (χ1) is 10.9. The number of nitrogens with zero attached hydrogens (tertiary/aromatic N) is 2. The molecule has 1 aliphatic rings. The van der Waals surface area contributed by atoms with Crippen LogP contribution in [0.5, 0.6) is 0 Å². The largest absolute Gasteiger partial charge is 0.300 e. The lowest BCUT2D eigenvalue weighted by Gasteiger charge is -2.07. The number of aliphatic imine (C=N–C) groups is 1. The monoisotopic (exact) mass is 350 g/mol. The molecular formula is C14H14N4O3S2. The summed E-state index contributed by atoms with van der Waals surface area (Å²) < 4.78 is 26.4. The van der Waals surface area contributed by atoms with E-state index >= 15 is 0 Å². The van der Waals surface area contributed by atoms with Gasteiger partial charge in [0.1, 0.15) is 11.9 Å². The van der Waals surface area contributed by atoms with Crippen LogP contribution in [0.15, 0.2) is 39.5 Å². The molecule has 0 radical (unpaired) electrons. The van der Waals surface area contributed by atoms with E-state index in [0.29, 0.717) is 10.7 Å². The summed E-state index contributed by atoms with van der Waals surface area (Å²) in [5, 5.41) is 4.98. The lowest BCUT2D eigenvalue weighted by atomic mass is 10.2. The van der Waals surface area contributed by atoms with Crippen molar-refractivity contribution < 1.29 is 13.2 Å². The van der Waals surface area contributed by atoms with Crippen molar-refractivity contribution in [3.63, 3.8) is 0 Å². The van der Waals surface area contributed by atoms with Crippen molar-refractivity contribution >= 4 is 38.2 Å². The summed E-state index contributed by atoms with van der Waals surface area (Å²) >= 11 is 1.32. The van der Waals surface area contributed by atoms with Crippen LogP contribution in [0.1, 0.15) is 18.2 Å². The molecule has 23 heavy (non-hydrogen) atoms. The van der Waals surface area contributed by atoms with Gasteiger partial charge in [-0.1, -0.05) is 12.1 Å². The maximum absolute atomic E-state index is 12.2. The Hall–Kier alpha value is -2.26. The van der Waals surface area contributed by atoms with Gasteiger partial charge in [0.25, 0.3) is 15.9 Å². The highest BCUT2D eigenvalue weighted by Gasteiger charge is 2.31. The third-order valence-electron chi connectivity index (χ3n) is 3.21. The molecule has 0 fully saturated rings. The number of rotatable bonds is 3. The highest BCUT2D eigenvalue weighted by atomic mass is 32.2. The average Bonchev–Trinajstić information content (AvgIpc) is 3.01. The summed E-state index contributed by atoms with van der Waals surface area (Å²) in [6.45, 7) is 3.43. The van der Waals surface area contributed by atoms with Crippen molar-refractivity contribution in [1.29, 1.82) is 0 Å². The zero-order chi connectivity index (χ0) is 16.6. The van der Waals surface area contributed by atoms with Crippen LogP contribution in [0.4, 0.5) is 5.13 Å². The molecule has 1 aromatic heterocycles. The summed E-state index contributed by atoms with van der Waals surface area (Å²) in [7, 11) is -3.60. The molecule has 0 aliphatic carbocycles. The van der Waals surface area contributed by atoms with E-state index in [1.54, 1.807) is 25.1 Å². The number of hydrogen-bond donors (Lipinski definition) is 2. The summed E-state index contributed by atoms with van der Waals surface area (Å²) in [4.78, 5) is 20.7. The van der Waals surface area contributed by atoms with Crippen LogP contribution in [0.2, 0.25) is 0 Å². The van der Waals surface area contributed by atoms with E-state index in [2.05, 4.69) is 20.0 Å². The number of fused-ring (bicyclic) bond motifs is 1. The Morgan fingerprint density at radius 3 is 2.83 bits per heavy atom. The van der Waals surface area contributed by atoms with E-state index < -0.39 is 16.1 Å². The predicted octanol–water partition coefficient (Wildman–Crippen LogP) is 1.52. The highest BCUT2D eigenvalue weighted by molar-refractivity contribution is 7.90. The van der Waals surface area contributed by atoms with Crippen molar-refractivity contribution in [3.05, 3.63) is 40.9 Å². The van der Waals surface area contributed by atoms with Gasteiger partial charge >= 0.3 is 0 Å². The Kier molecular flexibility index (Phi) is 3.90. The number of nitrogens with one attached hydrogen (secondary N) is 2. The number of aryl methyl sites for hydroxylation is 1. The number of hydrogen-bond acceptors (Lipinski definition) is 6. The minimum atomic E-state index is -3.60. The fraction of sp³-hybridized carbons (Fsp3) is 0.214. The van der Waals surface area contributed by atoms with E-state index in [0.717, 1.165) is 5.69 Å². The number of thiazole rings is 1. The molecule has 3 rings (SSSR count). The molecule has 2 aromatic rings. The minimum Gasteiger partial charge on any atom is -0.300 e. The summed E-state index contributed by atoms with van der Waals surface area (Å²) in [6.07, 6.45) is 0. The average molecular weight is 350 g/mol. The standard InChI is InChI=1S/C14H14N4O3S2/c1-8-7-22-14(15-8)17-13(19)9(2)16-12-10-5-3-4-6-11(10)23(20,21)18-12/h3-7,9H,1-2H3,(H,16,18)(H,15,17,19)/t9-/m0/s1. The van der Waals surface area contributed by atoms with Gasteiger partial charge in [-0.2, -0.15) is 0 Å². The number of amides is 1. The van der Waals surface area contributed by atoms with Crippen molar-refractivity contribution in [3.8, 4) is 0 Å². The number of carbonyl (C=O) groups excluding carboxylic acids is 1. The zero-order valence-corrected chi connectivity index (χ0v) is 14.0. The number of sulfonamides is 1. The van der Waals surface area contributed by atoms with Gasteiger partial charge in [0.05, 0.1) is 10.6 Å². The normalized spacial score (nSPS) is 18.3. The lowest BCUT2D eigenvalue weighted by molar-refractivity contribution is -0.117. The van der Waals surface area contributed by atoms with Gasteiger partial charge in [0.2, 0.25) is 0 Å². The molecule has 2 heterocycles. The summed E-state index contributed by atoms with van der Waals surface area (Å²) in [5.74, 6) is -0.172. The van der Waals surface area contributed by atoms with Gasteiger partial charge in [-0.15, -0.1) is 11.3 Å². The number of benzene rings is 1. The van der Waals surface area contributed by atoms with E-state index in [9.17, 15) is 13.2 Å². The molecule has 0 bridgehead atoms. The van der Waals surface area contributed by atoms with Gasteiger partial charge in [0, 0.05) is 10.9 Å². The molecule has 0 unspecified atom stereocenters. The molecule has 7 nitrogen and oxygen atoms in total. The van der Waals surface area contributed by atoms with E-state index in [4.69, 9.17) is 0 Å². The minimum absolute atomic E-state index is 0.168. The van der Waals surface area contributed by atoms with Gasteiger partial charge in [-0.25, -0.2) is 13.4 Å². The maximum atomic E-state index is 12.2. The highest BCUT2D eigenvalue weighted by Crippen LogP contribution is 2.22. The molecule has 1 atom stereocenters. The molecule has 0 saturated heterocycles. The van der Waals surface area contributed by atoms with Crippen LogP contribution in [0, 0.1) is 6.92 Å². The van der Waals surface area contributed by atoms with Crippen LogP contribution in [-0.2, 0) is 14.8 Å². The van der Waals surface area contributed by atoms with Crippen molar-refractivity contribution in [2.75, 3.05) is 5.32 Å². The van der Waals surface area contributed by atoms with Gasteiger partial charge in [-0.3, -0.25) is 14.5 Å². The molecular weight excluding hydrogens is 336 g/mol. The first-order valence-corrected chi connectivity index (χ1v) is 9.16. The molecule has 1 amide bonds. The number of anilines is 1. The Morgan fingerprint density at radius 2 is 2.13 bits per heavy atom. The molecule has 2 N–H and O–H groups in total. The summed E-state index contributed by atoms with van der Waals surface area (Å²) in [6, 6.07) is 5.76. The van der Waals surface area contributed by atoms with Crippen LogP contribution >= 0.6 is 11.3 Å².